The summed E-state index contributed by atoms with van der Waals surface area (Å²) in [7, 11) is 1.54. The first-order valence-electron chi connectivity index (χ1n) is 12.4. The zero-order valence-corrected chi connectivity index (χ0v) is 24.6. The summed E-state index contributed by atoms with van der Waals surface area (Å²) in [4.78, 5) is 18.4. The van der Waals surface area contributed by atoms with Crippen molar-refractivity contribution in [3.8, 4) is 23.1 Å². The largest absolute Gasteiger partial charge is 0.493 e. The number of hydrogen-bond acceptors (Lipinski definition) is 6. The van der Waals surface area contributed by atoms with E-state index in [1.807, 2.05) is 42.5 Å². The Balaban J connectivity index is 1.47. The Morgan fingerprint density at radius 1 is 1.02 bits per heavy atom. The van der Waals surface area contributed by atoms with E-state index >= 15 is 0 Å². The molecule has 0 N–H and O–H groups in total. The number of fused-ring (bicyclic) bond motifs is 2. The number of hydrogen-bond donors (Lipinski definition) is 0. The third-order valence-electron chi connectivity index (χ3n) is 6.37. The monoisotopic (exact) mass is 647 g/mol. The Labute approximate surface area is 252 Å². The molecule has 0 atom stereocenters. The second kappa shape index (κ2) is 11.4. The van der Waals surface area contributed by atoms with Crippen LogP contribution >= 0.6 is 39.1 Å². The number of aromatic nitrogens is 2. The Morgan fingerprint density at radius 3 is 2.63 bits per heavy atom. The molecule has 7 nitrogen and oxygen atoms in total. The van der Waals surface area contributed by atoms with Gasteiger partial charge in [0.15, 0.2) is 17.3 Å². The highest BCUT2D eigenvalue weighted by Crippen LogP contribution is 2.35. The molecule has 4 aromatic carbocycles. The molecule has 0 aliphatic carbocycles. The van der Waals surface area contributed by atoms with Crippen molar-refractivity contribution in [3.05, 3.63) is 121 Å². The van der Waals surface area contributed by atoms with Crippen LogP contribution in [0.2, 0.25) is 10.0 Å². The number of methoxy groups -OCH3 is 1. The van der Waals surface area contributed by atoms with Gasteiger partial charge in [-0.25, -0.2) is 4.98 Å². The molecular formula is C31H20BrCl2N3O4. The van der Waals surface area contributed by atoms with Crippen LogP contribution in [0.5, 0.6) is 11.5 Å². The second-order valence-corrected chi connectivity index (χ2v) is 10.8. The molecule has 2 aromatic heterocycles. The van der Waals surface area contributed by atoms with Crippen molar-refractivity contribution in [2.24, 2.45) is 5.10 Å². The smallest absolute Gasteiger partial charge is 0.282 e. The first kappa shape index (κ1) is 27.1. The van der Waals surface area contributed by atoms with Crippen LogP contribution in [0, 0.1) is 0 Å². The Hall–Kier alpha value is -4.11. The van der Waals surface area contributed by atoms with Gasteiger partial charge >= 0.3 is 0 Å². The standard InChI is InChI=1S/C31H20BrCl2N3O4/c1-39-27-14-21(32)12-20(29(27)40-17-19-10-11-22(33)15-24(19)34)16-35-37-30(28-13-18-6-2-5-9-26(18)41-28)36-25-8-4-3-7-23(25)31(37)38/h2-16H,17H2,1H3. The first-order valence-corrected chi connectivity index (χ1v) is 14.0. The van der Waals surface area contributed by atoms with E-state index < -0.39 is 0 Å². The van der Waals surface area contributed by atoms with E-state index in [4.69, 9.17) is 42.1 Å². The fourth-order valence-electron chi connectivity index (χ4n) is 4.38. The van der Waals surface area contributed by atoms with Crippen molar-refractivity contribution in [3.63, 3.8) is 0 Å². The number of halogens is 3. The molecule has 0 spiro atoms. The van der Waals surface area contributed by atoms with Gasteiger partial charge in [0, 0.05) is 31.0 Å². The quantitative estimate of drug-likeness (QED) is 0.163. The molecule has 0 aliphatic rings. The van der Waals surface area contributed by atoms with Gasteiger partial charge in [0.2, 0.25) is 5.82 Å². The lowest BCUT2D eigenvalue weighted by molar-refractivity contribution is 0.284. The average Bonchev–Trinajstić information content (AvgIpc) is 3.41. The lowest BCUT2D eigenvalue weighted by Gasteiger charge is -2.15. The van der Waals surface area contributed by atoms with Gasteiger partial charge in [0.1, 0.15) is 12.2 Å². The summed E-state index contributed by atoms with van der Waals surface area (Å²) in [6.45, 7) is 0.149. The first-order chi connectivity index (χ1) is 19.9. The third-order valence-corrected chi connectivity index (χ3v) is 7.41. The normalized spacial score (nSPS) is 11.5. The highest BCUT2D eigenvalue weighted by molar-refractivity contribution is 9.10. The van der Waals surface area contributed by atoms with Crippen LogP contribution in [0.25, 0.3) is 33.5 Å². The van der Waals surface area contributed by atoms with Crippen molar-refractivity contribution < 1.29 is 13.9 Å². The predicted octanol–water partition coefficient (Wildman–Crippen LogP) is 8.35. The summed E-state index contributed by atoms with van der Waals surface area (Å²) in [5.74, 6) is 1.55. The summed E-state index contributed by atoms with van der Waals surface area (Å²) in [5, 5.41) is 6.91. The van der Waals surface area contributed by atoms with Gasteiger partial charge in [-0.3, -0.25) is 4.79 Å². The number of furan rings is 1. The summed E-state index contributed by atoms with van der Waals surface area (Å²) in [6.07, 6.45) is 1.52. The van der Waals surface area contributed by atoms with Gasteiger partial charge in [-0.05, 0) is 48.5 Å². The summed E-state index contributed by atoms with van der Waals surface area (Å²) in [5.41, 5.74) is 2.16. The molecule has 6 rings (SSSR count). The molecule has 0 unspecified atom stereocenters. The third kappa shape index (κ3) is 5.46. The van der Waals surface area contributed by atoms with Gasteiger partial charge < -0.3 is 13.9 Å². The summed E-state index contributed by atoms with van der Waals surface area (Å²) < 4.78 is 19.8. The molecule has 41 heavy (non-hydrogen) atoms. The highest BCUT2D eigenvalue weighted by atomic mass is 79.9. The van der Waals surface area contributed by atoms with Crippen LogP contribution in [-0.4, -0.2) is 23.0 Å². The van der Waals surface area contributed by atoms with Crippen LogP contribution < -0.4 is 15.0 Å². The molecule has 10 heteroatoms. The molecule has 2 heterocycles. The maximum atomic E-state index is 13.7. The van der Waals surface area contributed by atoms with Crippen molar-refractivity contribution >= 4 is 67.2 Å². The molecule has 0 aliphatic heterocycles. The molecule has 0 saturated carbocycles. The number of para-hydroxylation sites is 2. The Morgan fingerprint density at radius 2 is 1.83 bits per heavy atom. The maximum Gasteiger partial charge on any atom is 0.282 e. The minimum absolute atomic E-state index is 0.149. The minimum atomic E-state index is -0.348. The second-order valence-electron chi connectivity index (χ2n) is 9.01. The van der Waals surface area contributed by atoms with E-state index in [9.17, 15) is 4.79 Å². The van der Waals surface area contributed by atoms with Crippen molar-refractivity contribution in [1.82, 2.24) is 9.66 Å². The van der Waals surface area contributed by atoms with E-state index in [1.54, 1.807) is 49.6 Å². The molecule has 0 bridgehead atoms. The van der Waals surface area contributed by atoms with E-state index in [2.05, 4.69) is 21.0 Å². The van der Waals surface area contributed by atoms with Gasteiger partial charge in [0.05, 0.1) is 24.2 Å². The minimum Gasteiger partial charge on any atom is -0.493 e. The average molecular weight is 649 g/mol. The Bertz CT molecular complexity index is 1990. The van der Waals surface area contributed by atoms with Gasteiger partial charge in [-0.15, -0.1) is 0 Å². The molecule has 0 saturated heterocycles. The van der Waals surface area contributed by atoms with Crippen molar-refractivity contribution in [1.29, 1.82) is 0 Å². The fraction of sp³-hybridized carbons (Fsp3) is 0.0645. The molecule has 0 amide bonds. The number of ether oxygens (including phenoxy) is 2. The fourth-order valence-corrected chi connectivity index (χ4v) is 5.30. The summed E-state index contributed by atoms with van der Waals surface area (Å²) >= 11 is 15.9. The van der Waals surface area contributed by atoms with Gasteiger partial charge in [0.25, 0.3) is 5.56 Å². The Kier molecular flexibility index (Phi) is 7.53. The molecule has 6 aromatic rings. The maximum absolute atomic E-state index is 13.7. The number of nitrogens with zero attached hydrogens (tertiary/aromatic N) is 3. The highest BCUT2D eigenvalue weighted by Gasteiger charge is 2.18. The summed E-state index contributed by atoms with van der Waals surface area (Å²) in [6, 6.07) is 25.3. The van der Waals surface area contributed by atoms with Crippen molar-refractivity contribution in [2.75, 3.05) is 7.11 Å². The lowest BCUT2D eigenvalue weighted by atomic mass is 10.2. The molecule has 0 radical (unpaired) electrons. The van der Waals surface area contributed by atoms with Gasteiger partial charge in [-0.2, -0.15) is 9.78 Å². The zero-order valence-electron chi connectivity index (χ0n) is 21.5. The SMILES string of the molecule is COc1cc(Br)cc(C=Nn2c(-c3cc4ccccc4o3)nc3ccccc3c2=O)c1OCc1ccc(Cl)cc1Cl. The zero-order chi connectivity index (χ0) is 28.5. The van der Waals surface area contributed by atoms with Crippen LogP contribution in [0.4, 0.5) is 0 Å². The number of benzene rings is 4. The van der Waals surface area contributed by atoms with E-state index in [-0.39, 0.29) is 18.0 Å². The van der Waals surface area contributed by atoms with E-state index in [1.165, 1.54) is 10.9 Å². The molecule has 0 fully saturated rings. The van der Waals surface area contributed by atoms with Crippen LogP contribution in [0.3, 0.4) is 0 Å². The van der Waals surface area contributed by atoms with Crippen LogP contribution in [0.15, 0.2) is 104 Å². The topological polar surface area (TPSA) is 78.9 Å². The van der Waals surface area contributed by atoms with Crippen LogP contribution in [0.1, 0.15) is 11.1 Å². The van der Waals surface area contributed by atoms with Crippen molar-refractivity contribution in [2.45, 2.75) is 6.61 Å². The van der Waals surface area contributed by atoms with Crippen LogP contribution in [-0.2, 0) is 6.61 Å². The predicted molar refractivity (Wildman–Crippen MR) is 166 cm³/mol. The van der Waals surface area contributed by atoms with Gasteiger partial charge in [-0.1, -0.05) is 75.5 Å². The molecule has 204 valence electrons. The number of rotatable bonds is 7. The molecular weight excluding hydrogens is 629 g/mol. The van der Waals surface area contributed by atoms with E-state index in [0.717, 1.165) is 15.4 Å². The lowest BCUT2D eigenvalue weighted by Crippen LogP contribution is -2.20. The van der Waals surface area contributed by atoms with E-state index in [0.29, 0.717) is 49.4 Å².